The molecule has 1 aromatic rings. The van der Waals surface area contributed by atoms with Crippen LogP contribution in [0.15, 0.2) is 36.4 Å². The molecule has 0 unspecified atom stereocenters. The molecule has 1 N–H and O–H groups in total. The van der Waals surface area contributed by atoms with Crippen LogP contribution < -0.4 is 0 Å². The zero-order valence-electron chi connectivity index (χ0n) is 13.7. The van der Waals surface area contributed by atoms with Crippen LogP contribution >= 0.6 is 0 Å². The molecule has 0 aliphatic carbocycles. The first-order chi connectivity index (χ1) is 9.14. The Morgan fingerprint density at radius 2 is 1.35 bits per heavy atom. The summed E-state index contributed by atoms with van der Waals surface area (Å²) in [4.78, 5) is 0. The number of aliphatic hydroxyl groups is 1. The lowest BCUT2D eigenvalue weighted by molar-refractivity contribution is 0.343. The van der Waals surface area contributed by atoms with Gasteiger partial charge in [-0.15, -0.1) is 0 Å². The largest absolute Gasteiger partial charge is 0.392 e. The fourth-order valence-electron chi connectivity index (χ4n) is 1.92. The van der Waals surface area contributed by atoms with Crippen molar-refractivity contribution in [1.29, 1.82) is 0 Å². The highest BCUT2D eigenvalue weighted by Gasteiger charge is 2.19. The first kappa shape index (κ1) is 16.7. The van der Waals surface area contributed by atoms with Crippen LogP contribution in [0.2, 0.25) is 0 Å². The Hall–Kier alpha value is -1.34. The predicted molar refractivity (Wildman–Crippen MR) is 89.1 cm³/mol. The number of aliphatic hydroxyl groups excluding tert-OH is 1. The minimum atomic E-state index is 0.0829. The van der Waals surface area contributed by atoms with Gasteiger partial charge in [0.05, 0.1) is 6.61 Å². The van der Waals surface area contributed by atoms with Crippen molar-refractivity contribution >= 4 is 6.08 Å². The summed E-state index contributed by atoms with van der Waals surface area (Å²) in [5, 5.41) is 8.74. The molecular formula is C19H28O. The van der Waals surface area contributed by atoms with Gasteiger partial charge in [-0.2, -0.15) is 0 Å². The van der Waals surface area contributed by atoms with Gasteiger partial charge in [-0.25, -0.2) is 0 Å². The second-order valence-electron chi connectivity index (χ2n) is 7.31. The summed E-state index contributed by atoms with van der Waals surface area (Å²) in [5.41, 5.74) is 4.21. The van der Waals surface area contributed by atoms with Crippen molar-refractivity contribution in [2.24, 2.45) is 0 Å². The highest BCUT2D eigenvalue weighted by atomic mass is 16.2. The zero-order valence-corrected chi connectivity index (χ0v) is 13.7. The molecule has 0 aliphatic heterocycles. The Bertz CT molecular complexity index is 461. The summed E-state index contributed by atoms with van der Waals surface area (Å²) in [6.07, 6.45) is 7.68. The predicted octanol–water partition coefficient (Wildman–Crippen LogP) is 4.84. The quantitative estimate of drug-likeness (QED) is 0.780. The Balaban J connectivity index is 3.24. The summed E-state index contributed by atoms with van der Waals surface area (Å²) in [6, 6.07) is 6.82. The fourth-order valence-corrected chi connectivity index (χ4v) is 1.92. The minimum Gasteiger partial charge on any atom is -0.392 e. The smallest absolute Gasteiger partial charge is 0.0615 e. The van der Waals surface area contributed by atoms with E-state index in [9.17, 15) is 0 Å². The second-order valence-corrected chi connectivity index (χ2v) is 7.31. The maximum Gasteiger partial charge on any atom is 0.0615 e. The molecule has 1 nitrogen and oxygen atoms in total. The maximum absolute atomic E-state index is 8.74. The van der Waals surface area contributed by atoms with E-state index < -0.39 is 0 Å². The molecule has 0 aliphatic rings. The topological polar surface area (TPSA) is 20.2 Å². The van der Waals surface area contributed by atoms with Gasteiger partial charge in [-0.1, -0.05) is 84.0 Å². The van der Waals surface area contributed by atoms with E-state index >= 15 is 0 Å². The van der Waals surface area contributed by atoms with Crippen molar-refractivity contribution in [2.75, 3.05) is 6.61 Å². The van der Waals surface area contributed by atoms with E-state index in [2.05, 4.69) is 65.8 Å². The molecule has 0 spiro atoms. The van der Waals surface area contributed by atoms with Gasteiger partial charge in [-0.3, -0.25) is 0 Å². The summed E-state index contributed by atoms with van der Waals surface area (Å²) < 4.78 is 0. The van der Waals surface area contributed by atoms with Gasteiger partial charge in [-0.05, 0) is 27.5 Å². The van der Waals surface area contributed by atoms with Gasteiger partial charge in [0.25, 0.3) is 0 Å². The van der Waals surface area contributed by atoms with Crippen molar-refractivity contribution in [3.05, 3.63) is 53.1 Å². The third-order valence-electron chi connectivity index (χ3n) is 3.33. The van der Waals surface area contributed by atoms with Gasteiger partial charge in [0.15, 0.2) is 0 Å². The van der Waals surface area contributed by atoms with Crippen LogP contribution in [-0.2, 0) is 10.8 Å². The molecule has 1 rings (SSSR count). The molecule has 1 aromatic carbocycles. The lowest BCUT2D eigenvalue weighted by Gasteiger charge is -2.25. The number of allylic oxidation sites excluding steroid dienone is 2. The minimum absolute atomic E-state index is 0.0829. The Morgan fingerprint density at radius 3 is 1.75 bits per heavy atom. The highest BCUT2D eigenvalue weighted by molar-refractivity contribution is 5.55. The van der Waals surface area contributed by atoms with E-state index in [1.54, 1.807) is 6.08 Å². The first-order valence-electron chi connectivity index (χ1n) is 7.25. The third-order valence-corrected chi connectivity index (χ3v) is 3.33. The average Bonchev–Trinajstić information content (AvgIpc) is 2.32. The molecule has 0 radical (unpaired) electrons. The highest BCUT2D eigenvalue weighted by Crippen LogP contribution is 2.30. The van der Waals surface area contributed by atoms with Gasteiger partial charge < -0.3 is 5.11 Å². The van der Waals surface area contributed by atoms with Crippen LogP contribution in [0.1, 0.15) is 58.2 Å². The molecule has 0 saturated heterocycles. The van der Waals surface area contributed by atoms with Crippen LogP contribution in [0.5, 0.6) is 0 Å². The Labute approximate surface area is 124 Å². The zero-order chi connectivity index (χ0) is 15.4. The first-order valence-corrected chi connectivity index (χ1v) is 7.25. The van der Waals surface area contributed by atoms with E-state index in [0.717, 1.165) is 0 Å². The van der Waals surface area contributed by atoms with Crippen molar-refractivity contribution < 1.29 is 5.11 Å². The number of hydrogen-bond acceptors (Lipinski definition) is 1. The van der Waals surface area contributed by atoms with Gasteiger partial charge in [0.1, 0.15) is 0 Å². The van der Waals surface area contributed by atoms with Crippen molar-refractivity contribution in [3.63, 3.8) is 0 Å². The van der Waals surface area contributed by atoms with Crippen LogP contribution in [0.25, 0.3) is 6.08 Å². The molecular weight excluding hydrogens is 244 g/mol. The number of rotatable bonds is 3. The van der Waals surface area contributed by atoms with Crippen LogP contribution in [-0.4, -0.2) is 11.7 Å². The molecule has 0 atom stereocenters. The second kappa shape index (κ2) is 6.41. The summed E-state index contributed by atoms with van der Waals surface area (Å²) >= 11 is 0. The monoisotopic (exact) mass is 272 g/mol. The summed E-state index contributed by atoms with van der Waals surface area (Å²) in [5.74, 6) is 0. The van der Waals surface area contributed by atoms with E-state index in [1.807, 2.05) is 12.2 Å². The molecule has 110 valence electrons. The number of hydrogen-bond donors (Lipinski definition) is 1. The third kappa shape index (κ3) is 4.97. The van der Waals surface area contributed by atoms with Crippen molar-refractivity contribution in [2.45, 2.75) is 52.4 Å². The van der Waals surface area contributed by atoms with E-state index in [0.29, 0.717) is 0 Å². The summed E-state index contributed by atoms with van der Waals surface area (Å²) in [6.45, 7) is 13.5. The van der Waals surface area contributed by atoms with E-state index in [4.69, 9.17) is 5.11 Å². The SMILES string of the molecule is CC(C)(C)c1cc(/C=C/C=C/CO)cc(C(C)(C)C)c1. The number of benzene rings is 1. The lowest BCUT2D eigenvalue weighted by atomic mass is 9.79. The van der Waals surface area contributed by atoms with E-state index in [-0.39, 0.29) is 17.4 Å². The molecule has 0 aromatic heterocycles. The Kier molecular flexibility index (Phi) is 5.35. The van der Waals surface area contributed by atoms with Gasteiger partial charge in [0, 0.05) is 0 Å². The fraction of sp³-hybridized carbons (Fsp3) is 0.474. The Morgan fingerprint density at radius 1 is 0.850 bits per heavy atom. The molecule has 0 fully saturated rings. The van der Waals surface area contributed by atoms with Crippen LogP contribution in [0.3, 0.4) is 0 Å². The van der Waals surface area contributed by atoms with E-state index in [1.165, 1.54) is 16.7 Å². The molecule has 1 heteroatoms. The normalized spacial score (nSPS) is 13.6. The summed E-state index contributed by atoms with van der Waals surface area (Å²) in [7, 11) is 0. The van der Waals surface area contributed by atoms with Crippen molar-refractivity contribution in [3.8, 4) is 0 Å². The maximum atomic E-state index is 8.74. The molecule has 20 heavy (non-hydrogen) atoms. The molecule has 0 heterocycles. The molecule has 0 amide bonds. The van der Waals surface area contributed by atoms with Crippen LogP contribution in [0, 0.1) is 0 Å². The van der Waals surface area contributed by atoms with Gasteiger partial charge >= 0.3 is 0 Å². The lowest BCUT2D eigenvalue weighted by Crippen LogP contribution is -2.16. The average molecular weight is 272 g/mol. The van der Waals surface area contributed by atoms with Crippen molar-refractivity contribution in [1.82, 2.24) is 0 Å². The van der Waals surface area contributed by atoms with Crippen LogP contribution in [0.4, 0.5) is 0 Å². The van der Waals surface area contributed by atoms with Gasteiger partial charge in [0.2, 0.25) is 0 Å². The molecule has 0 bridgehead atoms. The standard InChI is InChI=1S/C19H28O/c1-18(2,3)16-12-15(10-8-7-9-11-20)13-17(14-16)19(4,5)6/h7-10,12-14,20H,11H2,1-6H3/b9-7+,10-8+. The molecule has 0 saturated carbocycles.